The molecule has 22 heavy (non-hydrogen) atoms. The molecular formula is C14H15N3O5. The highest BCUT2D eigenvalue weighted by Crippen LogP contribution is 2.33. The van der Waals surface area contributed by atoms with Gasteiger partial charge in [0, 0.05) is 12.6 Å². The molecule has 0 unspecified atom stereocenters. The topological polar surface area (TPSA) is 104 Å². The Hall–Kier alpha value is -2.77. The number of rotatable bonds is 3. The lowest BCUT2D eigenvalue weighted by atomic mass is 9.95. The highest BCUT2D eigenvalue weighted by molar-refractivity contribution is 6.04. The number of hydrogen-bond acceptors (Lipinski definition) is 6. The van der Waals surface area contributed by atoms with E-state index in [1.165, 1.54) is 20.2 Å². The minimum Gasteiger partial charge on any atom is -0.462 e. The molecule has 0 bridgehead atoms. The Morgan fingerprint density at radius 2 is 2.05 bits per heavy atom. The maximum Gasteiger partial charge on any atom is 0.338 e. The first kappa shape index (κ1) is 15.6. The van der Waals surface area contributed by atoms with E-state index in [4.69, 9.17) is 4.74 Å². The van der Waals surface area contributed by atoms with Crippen LogP contribution in [0.4, 0.5) is 5.69 Å². The van der Waals surface area contributed by atoms with Gasteiger partial charge in [0.05, 0.1) is 34.1 Å². The summed E-state index contributed by atoms with van der Waals surface area (Å²) < 4.78 is 6.03. The number of nitro groups is 1. The lowest BCUT2D eigenvalue weighted by molar-refractivity contribution is -0.383. The molecule has 1 aromatic carbocycles. The van der Waals surface area contributed by atoms with Crippen LogP contribution in [0.2, 0.25) is 0 Å². The van der Waals surface area contributed by atoms with E-state index < -0.39 is 16.5 Å². The second kappa shape index (κ2) is 5.55. The number of ether oxygens (including phenoxy) is 1. The molecule has 0 N–H and O–H groups in total. The van der Waals surface area contributed by atoms with Gasteiger partial charge in [-0.05, 0) is 26.3 Å². The van der Waals surface area contributed by atoms with Crippen molar-refractivity contribution in [2.75, 3.05) is 6.61 Å². The number of aryl methyl sites for hydroxylation is 2. The van der Waals surface area contributed by atoms with Crippen molar-refractivity contribution in [1.29, 1.82) is 0 Å². The maximum absolute atomic E-state index is 12.3. The molecule has 1 aromatic heterocycles. The van der Waals surface area contributed by atoms with Gasteiger partial charge in [-0.1, -0.05) is 0 Å². The van der Waals surface area contributed by atoms with Crippen LogP contribution in [0.15, 0.2) is 11.0 Å². The molecule has 8 heteroatoms. The summed E-state index contributed by atoms with van der Waals surface area (Å²) in [6.07, 6.45) is 1.27. The van der Waals surface area contributed by atoms with E-state index in [2.05, 4.69) is 5.10 Å². The van der Waals surface area contributed by atoms with Gasteiger partial charge < -0.3 is 4.74 Å². The minimum absolute atomic E-state index is 0.0596. The van der Waals surface area contributed by atoms with E-state index in [0.717, 1.165) is 4.68 Å². The highest BCUT2D eigenvalue weighted by atomic mass is 16.6. The molecule has 0 spiro atoms. The maximum atomic E-state index is 12.3. The van der Waals surface area contributed by atoms with Crippen LogP contribution in [0.3, 0.4) is 0 Å². The van der Waals surface area contributed by atoms with Gasteiger partial charge in [0.25, 0.3) is 11.2 Å². The second-order valence-electron chi connectivity index (χ2n) is 4.81. The smallest absolute Gasteiger partial charge is 0.338 e. The Labute approximate surface area is 125 Å². The Bertz CT molecular complexity index is 854. The van der Waals surface area contributed by atoms with Gasteiger partial charge in [-0.15, -0.1) is 0 Å². The van der Waals surface area contributed by atoms with E-state index >= 15 is 0 Å². The molecule has 8 nitrogen and oxygen atoms in total. The quantitative estimate of drug-likeness (QED) is 0.485. The third-order valence-corrected chi connectivity index (χ3v) is 3.53. The number of benzene rings is 1. The van der Waals surface area contributed by atoms with Crippen LogP contribution in [-0.2, 0) is 11.8 Å². The zero-order valence-electron chi connectivity index (χ0n) is 12.7. The summed E-state index contributed by atoms with van der Waals surface area (Å²) in [5.74, 6) is -0.679. The molecule has 0 aliphatic rings. The van der Waals surface area contributed by atoms with E-state index in [-0.39, 0.29) is 34.2 Å². The van der Waals surface area contributed by atoms with Crippen LogP contribution in [0, 0.1) is 24.0 Å². The van der Waals surface area contributed by atoms with Crippen molar-refractivity contribution in [2.24, 2.45) is 7.05 Å². The van der Waals surface area contributed by atoms with Crippen molar-refractivity contribution in [3.63, 3.8) is 0 Å². The third kappa shape index (κ3) is 2.22. The SMILES string of the molecule is CCOC(=O)c1c(C)c([N+](=O)[O-])c2cnn(C)c(=O)c2c1C. The van der Waals surface area contributed by atoms with Gasteiger partial charge in [-0.2, -0.15) is 5.10 Å². The van der Waals surface area contributed by atoms with E-state index in [1.54, 1.807) is 13.8 Å². The molecule has 0 saturated carbocycles. The predicted molar refractivity (Wildman–Crippen MR) is 79.1 cm³/mol. The molecule has 0 aliphatic heterocycles. The normalized spacial score (nSPS) is 10.7. The third-order valence-electron chi connectivity index (χ3n) is 3.53. The second-order valence-corrected chi connectivity index (χ2v) is 4.81. The standard InChI is InChI=1S/C14H15N3O5/c1-5-22-14(19)10-7(2)11-9(6-15-16(4)13(11)18)12(8(10)3)17(20)21/h6H,5H2,1-4H3. The van der Waals surface area contributed by atoms with Gasteiger partial charge in [0.2, 0.25) is 0 Å². The number of carbonyl (C=O) groups excluding carboxylic acids is 1. The van der Waals surface area contributed by atoms with Crippen molar-refractivity contribution in [3.05, 3.63) is 43.4 Å². The van der Waals surface area contributed by atoms with E-state index in [1.807, 2.05) is 0 Å². The molecule has 0 amide bonds. The highest BCUT2D eigenvalue weighted by Gasteiger charge is 2.28. The number of nitrogens with zero attached hydrogens (tertiary/aromatic N) is 3. The van der Waals surface area contributed by atoms with Crippen molar-refractivity contribution in [2.45, 2.75) is 20.8 Å². The molecule has 0 atom stereocenters. The predicted octanol–water partition coefficient (Wildman–Crippen LogP) is 1.64. The minimum atomic E-state index is -0.679. The summed E-state index contributed by atoms with van der Waals surface area (Å²) >= 11 is 0. The fraction of sp³-hybridized carbons (Fsp3) is 0.357. The van der Waals surface area contributed by atoms with Crippen LogP contribution >= 0.6 is 0 Å². The number of esters is 1. The van der Waals surface area contributed by atoms with Crippen molar-refractivity contribution >= 4 is 22.4 Å². The van der Waals surface area contributed by atoms with Crippen LogP contribution in [-0.4, -0.2) is 27.3 Å². The largest absolute Gasteiger partial charge is 0.462 e. The van der Waals surface area contributed by atoms with Crippen molar-refractivity contribution < 1.29 is 14.5 Å². The Kier molecular flexibility index (Phi) is 3.94. The first-order valence-corrected chi connectivity index (χ1v) is 6.61. The average Bonchev–Trinajstić information content (AvgIpc) is 2.42. The molecule has 2 aromatic rings. The summed E-state index contributed by atoms with van der Waals surface area (Å²) in [6, 6.07) is 0. The number of nitro benzene ring substituents is 1. The first-order valence-electron chi connectivity index (χ1n) is 6.61. The monoisotopic (exact) mass is 305 g/mol. The Morgan fingerprint density at radius 3 is 2.59 bits per heavy atom. The van der Waals surface area contributed by atoms with Crippen molar-refractivity contribution in [3.8, 4) is 0 Å². The van der Waals surface area contributed by atoms with Gasteiger partial charge in [0.1, 0.15) is 0 Å². The van der Waals surface area contributed by atoms with Crippen LogP contribution in [0.5, 0.6) is 0 Å². The van der Waals surface area contributed by atoms with Gasteiger partial charge >= 0.3 is 5.97 Å². The summed E-state index contributed by atoms with van der Waals surface area (Å²) in [5, 5.41) is 15.4. The number of fused-ring (bicyclic) bond motifs is 1. The molecule has 1 heterocycles. The lowest BCUT2D eigenvalue weighted by Crippen LogP contribution is -2.22. The molecule has 0 saturated heterocycles. The molecule has 0 radical (unpaired) electrons. The zero-order chi connectivity index (χ0) is 16.6. The van der Waals surface area contributed by atoms with Gasteiger partial charge in [0.15, 0.2) is 0 Å². The van der Waals surface area contributed by atoms with E-state index in [0.29, 0.717) is 5.56 Å². The van der Waals surface area contributed by atoms with Gasteiger partial charge in [-0.25, -0.2) is 9.48 Å². The summed E-state index contributed by atoms with van der Waals surface area (Å²) in [6.45, 7) is 4.82. The summed E-state index contributed by atoms with van der Waals surface area (Å²) in [4.78, 5) is 35.2. The Morgan fingerprint density at radius 1 is 1.41 bits per heavy atom. The fourth-order valence-electron chi connectivity index (χ4n) is 2.55. The average molecular weight is 305 g/mol. The number of carbonyl (C=O) groups is 1. The van der Waals surface area contributed by atoms with Crippen LogP contribution in [0.25, 0.3) is 10.8 Å². The number of aromatic nitrogens is 2. The molecular weight excluding hydrogens is 290 g/mol. The lowest BCUT2D eigenvalue weighted by Gasteiger charge is -2.13. The summed E-state index contributed by atoms with van der Waals surface area (Å²) in [7, 11) is 1.44. The zero-order valence-corrected chi connectivity index (χ0v) is 12.7. The van der Waals surface area contributed by atoms with Crippen LogP contribution < -0.4 is 5.56 Å². The first-order chi connectivity index (χ1) is 10.3. The Balaban J connectivity index is 3.05. The molecule has 2 rings (SSSR count). The fourth-order valence-corrected chi connectivity index (χ4v) is 2.55. The summed E-state index contributed by atoms with van der Waals surface area (Å²) in [5.41, 5.74) is -0.204. The molecule has 0 aliphatic carbocycles. The molecule has 0 fully saturated rings. The van der Waals surface area contributed by atoms with Gasteiger partial charge in [-0.3, -0.25) is 14.9 Å². The van der Waals surface area contributed by atoms with Crippen LogP contribution in [0.1, 0.15) is 28.4 Å². The van der Waals surface area contributed by atoms with Crippen molar-refractivity contribution in [1.82, 2.24) is 9.78 Å². The molecule has 116 valence electrons. The van der Waals surface area contributed by atoms with E-state index in [9.17, 15) is 19.7 Å². The number of hydrogen-bond donors (Lipinski definition) is 0.